The van der Waals surface area contributed by atoms with Crippen molar-refractivity contribution in [2.75, 3.05) is 32.1 Å². The van der Waals surface area contributed by atoms with E-state index in [1.165, 1.54) is 11.9 Å². The first-order chi connectivity index (χ1) is 13.3. The Balaban J connectivity index is 1.64. The Morgan fingerprint density at radius 2 is 1.82 bits per heavy atom. The van der Waals surface area contributed by atoms with Crippen LogP contribution in [0.4, 0.5) is 10.1 Å². The zero-order valence-electron chi connectivity index (χ0n) is 15.7. The summed E-state index contributed by atoms with van der Waals surface area (Å²) in [6.45, 7) is 0.634. The third kappa shape index (κ3) is 2.13. The van der Waals surface area contributed by atoms with Gasteiger partial charge >= 0.3 is 0 Å². The van der Waals surface area contributed by atoms with Gasteiger partial charge in [0.25, 0.3) is 11.8 Å². The first-order valence-corrected chi connectivity index (χ1v) is 9.39. The Hall–Kier alpha value is -2.80. The van der Waals surface area contributed by atoms with Crippen LogP contribution in [0.15, 0.2) is 30.3 Å². The maximum Gasteiger partial charge on any atom is 0.259 e. The van der Waals surface area contributed by atoms with Gasteiger partial charge in [-0.15, -0.1) is 0 Å². The first-order valence-electron chi connectivity index (χ1n) is 9.39. The number of benzene rings is 2. The Bertz CT molecular complexity index is 1060. The fraction of sp³-hybridized carbons (Fsp3) is 0.381. The molecule has 0 bridgehead atoms. The molecular formula is C21H20FN3O3. The average molecular weight is 381 g/mol. The summed E-state index contributed by atoms with van der Waals surface area (Å²) in [4.78, 5) is 42.2. The molecule has 0 radical (unpaired) electrons. The van der Waals surface area contributed by atoms with Crippen LogP contribution in [0.1, 0.15) is 28.8 Å². The zero-order chi connectivity index (χ0) is 19.8. The van der Waals surface area contributed by atoms with Crippen molar-refractivity contribution in [1.82, 2.24) is 9.80 Å². The van der Waals surface area contributed by atoms with Crippen LogP contribution in [-0.4, -0.2) is 60.7 Å². The van der Waals surface area contributed by atoms with E-state index in [0.29, 0.717) is 47.1 Å². The molecule has 6 nitrogen and oxygen atoms in total. The molecule has 3 amide bonds. The summed E-state index contributed by atoms with van der Waals surface area (Å²) < 4.78 is 15.4. The minimum atomic E-state index is -1.43. The number of carbonyl (C=O) groups is 3. The summed E-state index contributed by atoms with van der Waals surface area (Å²) in [7, 11) is 3.32. The lowest BCUT2D eigenvalue weighted by Crippen LogP contribution is -2.54. The average Bonchev–Trinajstić information content (AvgIpc) is 2.93. The molecule has 2 saturated heterocycles. The Labute approximate surface area is 161 Å². The molecule has 5 rings (SSSR count). The molecule has 144 valence electrons. The minimum Gasteiger partial charge on any atom is -0.299 e. The van der Waals surface area contributed by atoms with Crippen LogP contribution in [0.5, 0.6) is 0 Å². The molecule has 3 heterocycles. The summed E-state index contributed by atoms with van der Waals surface area (Å²) in [6, 6.07) is 8.09. The van der Waals surface area contributed by atoms with Gasteiger partial charge in [-0.2, -0.15) is 0 Å². The molecule has 2 aromatic carbocycles. The lowest BCUT2D eigenvalue weighted by atomic mass is 9.84. The molecule has 0 saturated carbocycles. The Kier molecular flexibility index (Phi) is 3.47. The van der Waals surface area contributed by atoms with Crippen LogP contribution in [0.2, 0.25) is 0 Å². The van der Waals surface area contributed by atoms with Gasteiger partial charge in [0.05, 0.1) is 5.69 Å². The molecule has 1 atom stereocenters. The van der Waals surface area contributed by atoms with E-state index in [1.807, 2.05) is 18.0 Å². The van der Waals surface area contributed by atoms with Crippen LogP contribution in [0.25, 0.3) is 10.8 Å². The zero-order valence-corrected chi connectivity index (χ0v) is 15.7. The highest BCUT2D eigenvalue weighted by molar-refractivity contribution is 6.27. The van der Waals surface area contributed by atoms with E-state index in [4.69, 9.17) is 0 Å². The number of nitrogens with zero attached hydrogens (tertiary/aromatic N) is 3. The van der Waals surface area contributed by atoms with Gasteiger partial charge in [-0.1, -0.05) is 18.2 Å². The molecule has 0 spiro atoms. The highest BCUT2D eigenvalue weighted by Gasteiger charge is 2.47. The van der Waals surface area contributed by atoms with Crippen molar-refractivity contribution in [1.29, 1.82) is 0 Å². The monoisotopic (exact) mass is 381 g/mol. The van der Waals surface area contributed by atoms with Crippen molar-refractivity contribution >= 4 is 34.2 Å². The van der Waals surface area contributed by atoms with Gasteiger partial charge in [-0.05, 0) is 36.6 Å². The molecule has 0 aliphatic carbocycles. The van der Waals surface area contributed by atoms with Crippen LogP contribution >= 0.6 is 0 Å². The van der Waals surface area contributed by atoms with E-state index >= 15 is 4.39 Å². The van der Waals surface area contributed by atoms with Gasteiger partial charge in [-0.25, -0.2) is 4.39 Å². The predicted molar refractivity (Wildman–Crippen MR) is 102 cm³/mol. The maximum absolute atomic E-state index is 15.4. The summed E-state index contributed by atoms with van der Waals surface area (Å²) >= 11 is 0. The third-order valence-electron chi connectivity index (χ3n) is 6.18. The smallest absolute Gasteiger partial charge is 0.259 e. The van der Waals surface area contributed by atoms with E-state index in [2.05, 4.69) is 0 Å². The molecule has 28 heavy (non-hydrogen) atoms. The van der Waals surface area contributed by atoms with Crippen LogP contribution in [0, 0.1) is 0 Å². The van der Waals surface area contributed by atoms with Crippen LogP contribution in [-0.2, 0) is 15.3 Å². The molecule has 0 aromatic heterocycles. The number of likely N-dealkylation sites (N-methyl/N-ethyl adjacent to an activating group) is 2. The number of piperidine rings is 1. The first kappa shape index (κ1) is 17.3. The topological polar surface area (TPSA) is 60.9 Å². The van der Waals surface area contributed by atoms with Crippen molar-refractivity contribution in [3.05, 3.63) is 41.5 Å². The van der Waals surface area contributed by atoms with Crippen molar-refractivity contribution in [2.24, 2.45) is 0 Å². The second-order valence-corrected chi connectivity index (χ2v) is 8.02. The van der Waals surface area contributed by atoms with Crippen molar-refractivity contribution in [2.45, 2.75) is 24.6 Å². The van der Waals surface area contributed by atoms with Gasteiger partial charge in [0.1, 0.15) is 6.04 Å². The summed E-state index contributed by atoms with van der Waals surface area (Å²) in [5.74, 6) is -0.880. The molecule has 7 heteroatoms. The van der Waals surface area contributed by atoms with E-state index < -0.39 is 11.7 Å². The molecule has 3 aliphatic heterocycles. The SMILES string of the molecule is CN1CC(F)(c2ccc3c4c(cccc24)N(C2CCC(=O)N(C)C2=O)C3=O)C1. The van der Waals surface area contributed by atoms with Crippen molar-refractivity contribution < 1.29 is 18.8 Å². The Morgan fingerprint density at radius 3 is 2.54 bits per heavy atom. The number of imide groups is 1. The molecule has 1 unspecified atom stereocenters. The number of rotatable bonds is 2. The van der Waals surface area contributed by atoms with Crippen LogP contribution in [0.3, 0.4) is 0 Å². The molecule has 2 fully saturated rings. The quantitative estimate of drug-likeness (QED) is 0.747. The number of amides is 3. The normalized spacial score (nSPS) is 24.2. The predicted octanol–water partition coefficient (Wildman–Crippen LogP) is 2.06. The second-order valence-electron chi connectivity index (χ2n) is 8.02. The number of alkyl halides is 1. The Morgan fingerprint density at radius 1 is 1.07 bits per heavy atom. The number of hydrogen-bond donors (Lipinski definition) is 0. The van der Waals surface area contributed by atoms with E-state index in [0.717, 1.165) is 4.90 Å². The number of anilines is 1. The summed E-state index contributed by atoms with van der Waals surface area (Å²) in [6.07, 6.45) is 0.511. The largest absolute Gasteiger partial charge is 0.299 e. The van der Waals surface area contributed by atoms with Gasteiger partial charge in [-0.3, -0.25) is 29.1 Å². The minimum absolute atomic E-state index is 0.216. The maximum atomic E-state index is 15.4. The number of likely N-dealkylation sites (tertiary alicyclic amines) is 2. The molecule has 2 aromatic rings. The summed E-state index contributed by atoms with van der Waals surface area (Å²) in [5, 5.41) is 1.41. The van der Waals surface area contributed by atoms with Crippen LogP contribution < -0.4 is 4.90 Å². The standard InChI is InChI=1S/C21H20FN3O3/c1-23-10-21(22,11-23)14-7-6-13-18-12(14)4-3-5-15(18)25(19(13)27)16-8-9-17(26)24(2)20(16)28/h3-7,16H,8-11H2,1-2H3. The lowest BCUT2D eigenvalue weighted by molar-refractivity contribution is -0.147. The van der Waals surface area contributed by atoms with E-state index in [9.17, 15) is 14.4 Å². The fourth-order valence-electron chi connectivity index (χ4n) is 4.82. The summed E-state index contributed by atoms with van der Waals surface area (Å²) in [5.41, 5.74) is 0.258. The highest BCUT2D eigenvalue weighted by Crippen LogP contribution is 2.45. The van der Waals surface area contributed by atoms with Gasteiger partial charge in [0, 0.05) is 37.5 Å². The molecule has 3 aliphatic rings. The van der Waals surface area contributed by atoms with E-state index in [-0.39, 0.29) is 24.1 Å². The number of carbonyl (C=O) groups excluding carboxylic acids is 3. The molecular weight excluding hydrogens is 361 g/mol. The van der Waals surface area contributed by atoms with Gasteiger partial charge in [0.2, 0.25) is 5.91 Å². The molecule has 0 N–H and O–H groups in total. The van der Waals surface area contributed by atoms with Crippen molar-refractivity contribution in [3.8, 4) is 0 Å². The van der Waals surface area contributed by atoms with Gasteiger partial charge < -0.3 is 0 Å². The number of hydrogen-bond acceptors (Lipinski definition) is 4. The second kappa shape index (κ2) is 5.61. The highest BCUT2D eigenvalue weighted by atomic mass is 19.1. The van der Waals surface area contributed by atoms with Gasteiger partial charge in [0.15, 0.2) is 5.67 Å². The van der Waals surface area contributed by atoms with Crippen molar-refractivity contribution in [3.63, 3.8) is 0 Å². The fourth-order valence-corrected chi connectivity index (χ4v) is 4.82. The third-order valence-corrected chi connectivity index (χ3v) is 6.18. The lowest BCUT2D eigenvalue weighted by Gasteiger charge is -2.43. The number of halogens is 1. The van der Waals surface area contributed by atoms with E-state index in [1.54, 1.807) is 24.3 Å².